The van der Waals surface area contributed by atoms with Gasteiger partial charge in [-0.05, 0) is 71.2 Å². The summed E-state index contributed by atoms with van der Waals surface area (Å²) in [6.07, 6.45) is -0.928. The summed E-state index contributed by atoms with van der Waals surface area (Å²) in [5, 5.41) is 13.6. The van der Waals surface area contributed by atoms with Crippen LogP contribution in [-0.2, 0) is 44.4 Å². The van der Waals surface area contributed by atoms with E-state index in [1.165, 1.54) is 18.2 Å². The molecule has 302 valence electrons. The average Bonchev–Trinajstić information content (AvgIpc) is 3.07. The fourth-order valence-electron chi connectivity index (χ4n) is 4.06. The molecule has 54 heavy (non-hydrogen) atoms. The Labute approximate surface area is 315 Å². The third-order valence-corrected chi connectivity index (χ3v) is 6.29. The normalized spacial score (nSPS) is 12.2. The monoisotopic (exact) mass is 765 g/mol. The van der Waals surface area contributed by atoms with Crippen LogP contribution in [-0.4, -0.2) is 119 Å². The predicted molar refractivity (Wildman–Crippen MR) is 196 cm³/mol. The lowest BCUT2D eigenvalue weighted by atomic mass is 10.1. The number of hydrogen-bond acceptors (Lipinski definition) is 13. The highest BCUT2D eigenvalue weighted by atomic mass is 16.6. The first kappa shape index (κ1) is 46.9. The summed E-state index contributed by atoms with van der Waals surface area (Å²) in [6, 6.07) is 4.14. The minimum Gasteiger partial charge on any atom is -0.460 e. The molecular weight excluding hydrogens is 710 g/mol. The molecule has 0 aliphatic rings. The van der Waals surface area contributed by atoms with Gasteiger partial charge >= 0.3 is 24.2 Å². The van der Waals surface area contributed by atoms with Crippen LogP contribution in [0.3, 0.4) is 0 Å². The van der Waals surface area contributed by atoms with E-state index in [4.69, 9.17) is 38.7 Å². The molecule has 0 radical (unpaired) electrons. The summed E-state index contributed by atoms with van der Waals surface area (Å²) in [7, 11) is 0. The van der Waals surface area contributed by atoms with Gasteiger partial charge in [-0.2, -0.15) is 0 Å². The van der Waals surface area contributed by atoms with Gasteiger partial charge in [0, 0.05) is 31.0 Å². The van der Waals surface area contributed by atoms with E-state index >= 15 is 0 Å². The molecule has 19 heteroatoms. The van der Waals surface area contributed by atoms with Crippen LogP contribution in [0, 0.1) is 0 Å². The van der Waals surface area contributed by atoms with Crippen molar-refractivity contribution in [3.63, 3.8) is 0 Å². The number of alkyl carbamates (subject to hydrolysis) is 2. The van der Waals surface area contributed by atoms with Crippen LogP contribution in [0.15, 0.2) is 42.0 Å². The largest absolute Gasteiger partial charge is 0.460 e. The number of hydrogen-bond donors (Lipinski definition) is 4. The number of carbonyl (C=O) groups is 5. The summed E-state index contributed by atoms with van der Waals surface area (Å²) < 4.78 is 37.0. The molecule has 1 aromatic rings. The van der Waals surface area contributed by atoms with Crippen LogP contribution in [0.25, 0.3) is 10.4 Å². The zero-order valence-electron chi connectivity index (χ0n) is 32.0. The SMILES string of the molecule is C=CCOC(=O)[C@H](Cc1ccc(OC(=O)NCC[C@H](NC(=O)OC(C)(C)C)C(=O)NCCOCCOCCOCCN=[N+]=[N-])cc1)NC(=O)OC(C)(C)C. The first-order chi connectivity index (χ1) is 25.5. The summed E-state index contributed by atoms with van der Waals surface area (Å²) >= 11 is 0. The Bertz CT molecular complexity index is 1370. The lowest BCUT2D eigenvalue weighted by molar-refractivity contribution is -0.144. The maximum Gasteiger partial charge on any atom is 0.412 e. The molecule has 0 saturated carbocycles. The second-order valence-electron chi connectivity index (χ2n) is 13.4. The van der Waals surface area contributed by atoms with E-state index < -0.39 is 53.4 Å². The predicted octanol–water partition coefficient (Wildman–Crippen LogP) is 3.70. The van der Waals surface area contributed by atoms with E-state index in [0.717, 1.165) is 0 Å². The van der Waals surface area contributed by atoms with Gasteiger partial charge in [0.2, 0.25) is 5.91 Å². The summed E-state index contributed by atoms with van der Waals surface area (Å²) in [6.45, 7) is 15.7. The number of nitrogens with one attached hydrogen (secondary N) is 4. The molecule has 1 rings (SSSR count). The van der Waals surface area contributed by atoms with Crippen molar-refractivity contribution < 1.29 is 57.1 Å². The lowest BCUT2D eigenvalue weighted by Crippen LogP contribution is -2.50. The molecule has 2 atom stereocenters. The molecule has 4 amide bonds. The van der Waals surface area contributed by atoms with Gasteiger partial charge in [0.15, 0.2) is 0 Å². The molecular formula is C35H55N7O12. The van der Waals surface area contributed by atoms with Gasteiger partial charge in [0.25, 0.3) is 0 Å². The number of azide groups is 1. The highest BCUT2D eigenvalue weighted by Crippen LogP contribution is 2.15. The van der Waals surface area contributed by atoms with Gasteiger partial charge in [-0.25, -0.2) is 19.2 Å². The van der Waals surface area contributed by atoms with Crippen molar-refractivity contribution >= 4 is 30.2 Å². The summed E-state index contributed by atoms with van der Waals surface area (Å²) in [5.74, 6) is -1.01. The minimum absolute atomic E-state index is 0.00668. The third kappa shape index (κ3) is 24.2. The summed E-state index contributed by atoms with van der Waals surface area (Å²) in [4.78, 5) is 65.5. The van der Waals surface area contributed by atoms with Crippen LogP contribution < -0.4 is 26.0 Å². The number of esters is 1. The lowest BCUT2D eigenvalue weighted by Gasteiger charge is -2.23. The average molecular weight is 766 g/mol. The van der Waals surface area contributed by atoms with E-state index in [2.05, 4.69) is 37.9 Å². The standard InChI is InChI=1S/C35H55N7O12/c1-8-17-51-30(44)28(41-33(47)54-35(5,6)7)24-25-9-11-26(12-10-25)52-31(45)38-14-13-27(40-32(46)53-34(2,3)4)29(43)37-15-18-48-20-22-50-23-21-49-19-16-39-42-36/h8-12,27-28H,1,13-24H2,2-7H3,(H,37,43)(H,38,45)(H,40,46)(H,41,47)/t27-,28-/m0/s1. The first-order valence-corrected chi connectivity index (χ1v) is 17.4. The van der Waals surface area contributed by atoms with Crippen molar-refractivity contribution in [1.82, 2.24) is 21.3 Å². The Morgan fingerprint density at radius 3 is 1.89 bits per heavy atom. The third-order valence-electron chi connectivity index (χ3n) is 6.29. The molecule has 1 aromatic carbocycles. The Hall–Kier alpha value is -5.10. The van der Waals surface area contributed by atoms with E-state index in [0.29, 0.717) is 32.0 Å². The van der Waals surface area contributed by atoms with Crippen molar-refractivity contribution in [1.29, 1.82) is 0 Å². The molecule has 0 fully saturated rings. The van der Waals surface area contributed by atoms with Gasteiger partial charge in [0.1, 0.15) is 35.6 Å². The number of carbonyl (C=O) groups excluding carboxylic acids is 5. The van der Waals surface area contributed by atoms with Crippen LogP contribution >= 0.6 is 0 Å². The minimum atomic E-state index is -1.05. The second kappa shape index (κ2) is 25.8. The van der Waals surface area contributed by atoms with Crippen molar-refractivity contribution in [2.45, 2.75) is 77.7 Å². The Morgan fingerprint density at radius 1 is 0.778 bits per heavy atom. The molecule has 0 heterocycles. The van der Waals surface area contributed by atoms with Crippen LogP contribution in [0.1, 0.15) is 53.5 Å². The molecule has 0 spiro atoms. The summed E-state index contributed by atoms with van der Waals surface area (Å²) in [5.41, 5.74) is 7.26. The zero-order valence-corrected chi connectivity index (χ0v) is 32.0. The molecule has 0 aliphatic carbocycles. The van der Waals surface area contributed by atoms with Gasteiger partial charge in [0.05, 0.1) is 39.6 Å². The Morgan fingerprint density at radius 2 is 1.33 bits per heavy atom. The molecule has 0 aliphatic heterocycles. The number of nitrogens with zero attached hydrogens (tertiary/aromatic N) is 3. The van der Waals surface area contributed by atoms with Crippen molar-refractivity contribution in [3.8, 4) is 5.75 Å². The number of ether oxygens (including phenoxy) is 7. The number of rotatable bonds is 24. The van der Waals surface area contributed by atoms with Gasteiger partial charge in [-0.3, -0.25) is 4.79 Å². The highest BCUT2D eigenvalue weighted by Gasteiger charge is 2.27. The Kier molecular flexibility index (Phi) is 22.4. The molecule has 0 unspecified atom stereocenters. The van der Waals surface area contributed by atoms with Crippen molar-refractivity contribution in [2.24, 2.45) is 5.11 Å². The topological polar surface area (TPSA) is 247 Å². The number of amides is 4. The van der Waals surface area contributed by atoms with E-state index in [9.17, 15) is 24.0 Å². The first-order valence-electron chi connectivity index (χ1n) is 17.4. The smallest absolute Gasteiger partial charge is 0.412 e. The van der Waals surface area contributed by atoms with E-state index in [1.807, 2.05) is 0 Å². The van der Waals surface area contributed by atoms with Crippen LogP contribution in [0.4, 0.5) is 14.4 Å². The zero-order chi connectivity index (χ0) is 40.4. The molecule has 0 aromatic heterocycles. The molecule has 0 bridgehead atoms. The maximum atomic E-state index is 12.9. The highest BCUT2D eigenvalue weighted by molar-refractivity contribution is 5.85. The van der Waals surface area contributed by atoms with Crippen molar-refractivity contribution in [3.05, 3.63) is 52.9 Å². The number of benzene rings is 1. The Balaban J connectivity index is 2.62. The van der Waals surface area contributed by atoms with E-state index in [-0.39, 0.29) is 58.0 Å². The fraction of sp³-hybridized carbons (Fsp3) is 0.629. The van der Waals surface area contributed by atoms with Gasteiger partial charge < -0.3 is 54.4 Å². The fourth-order valence-corrected chi connectivity index (χ4v) is 4.06. The molecule has 4 N–H and O–H groups in total. The molecule has 19 nitrogen and oxygen atoms in total. The van der Waals surface area contributed by atoms with Crippen LogP contribution in [0.5, 0.6) is 5.75 Å². The van der Waals surface area contributed by atoms with Gasteiger partial charge in [-0.1, -0.05) is 29.9 Å². The van der Waals surface area contributed by atoms with E-state index in [1.54, 1.807) is 53.7 Å². The van der Waals surface area contributed by atoms with Gasteiger partial charge in [-0.15, -0.1) is 0 Å². The maximum absolute atomic E-state index is 12.9. The quantitative estimate of drug-likeness (QED) is 0.0224. The van der Waals surface area contributed by atoms with Crippen molar-refractivity contribution in [2.75, 3.05) is 65.9 Å². The van der Waals surface area contributed by atoms with Crippen LogP contribution in [0.2, 0.25) is 0 Å². The molecule has 0 saturated heterocycles. The second-order valence-corrected chi connectivity index (χ2v) is 13.4.